The van der Waals surface area contributed by atoms with Gasteiger partial charge in [0.15, 0.2) is 6.10 Å². The number of esters is 1. The number of halogens is 4. The van der Waals surface area contributed by atoms with Crippen molar-refractivity contribution in [3.05, 3.63) is 53.6 Å². The molecular weight excluding hydrogens is 477 g/mol. The number of hydrogen-bond acceptors (Lipinski definition) is 6. The highest BCUT2D eigenvalue weighted by Crippen LogP contribution is 2.24. The summed E-state index contributed by atoms with van der Waals surface area (Å²) >= 11 is 5.73. The molecule has 0 radical (unpaired) electrons. The first kappa shape index (κ1) is 25.4. The van der Waals surface area contributed by atoms with E-state index in [9.17, 15) is 31.2 Å². The third kappa shape index (κ3) is 7.39. The summed E-state index contributed by atoms with van der Waals surface area (Å²) in [4.78, 5) is 24.1. The van der Waals surface area contributed by atoms with Crippen molar-refractivity contribution in [1.29, 1.82) is 0 Å². The van der Waals surface area contributed by atoms with Gasteiger partial charge >= 0.3 is 12.3 Å². The molecule has 0 bridgehead atoms. The quantitative estimate of drug-likeness (QED) is 0.564. The van der Waals surface area contributed by atoms with E-state index >= 15 is 0 Å². The van der Waals surface area contributed by atoms with Crippen molar-refractivity contribution in [2.75, 3.05) is 18.9 Å². The summed E-state index contributed by atoms with van der Waals surface area (Å²) in [6, 6.07) is 9.65. The molecule has 0 aromatic heterocycles. The zero-order valence-corrected chi connectivity index (χ0v) is 18.3. The van der Waals surface area contributed by atoms with Gasteiger partial charge in [0.1, 0.15) is 12.3 Å². The Kier molecular flexibility index (Phi) is 8.10. The molecule has 8 nitrogen and oxygen atoms in total. The van der Waals surface area contributed by atoms with Crippen molar-refractivity contribution in [1.82, 2.24) is 4.31 Å². The third-order valence-corrected chi connectivity index (χ3v) is 5.98. The van der Waals surface area contributed by atoms with Gasteiger partial charge in [0.2, 0.25) is 10.0 Å². The van der Waals surface area contributed by atoms with Crippen LogP contribution in [0.25, 0.3) is 0 Å². The Labute approximate surface area is 186 Å². The fraction of sp³-hybridized carbons (Fsp3) is 0.263. The van der Waals surface area contributed by atoms with Gasteiger partial charge in [-0.1, -0.05) is 11.6 Å². The molecule has 2 rings (SSSR count). The first-order valence-electron chi connectivity index (χ1n) is 8.86. The van der Waals surface area contributed by atoms with Crippen LogP contribution in [-0.4, -0.2) is 50.7 Å². The molecule has 0 saturated heterocycles. The molecule has 0 aliphatic heterocycles. The minimum Gasteiger partial charge on any atom is -0.452 e. The Morgan fingerprint density at radius 1 is 1.09 bits per heavy atom. The highest BCUT2D eigenvalue weighted by molar-refractivity contribution is 7.89. The van der Waals surface area contributed by atoms with Gasteiger partial charge in [0, 0.05) is 17.8 Å². The number of nitrogens with one attached hydrogen (secondary N) is 1. The molecular formula is C19H18ClF3N2O6S. The Morgan fingerprint density at radius 3 is 2.19 bits per heavy atom. The lowest BCUT2D eigenvalue weighted by atomic mass is 10.3. The molecule has 32 heavy (non-hydrogen) atoms. The monoisotopic (exact) mass is 494 g/mol. The van der Waals surface area contributed by atoms with E-state index in [4.69, 9.17) is 16.3 Å². The van der Waals surface area contributed by atoms with Gasteiger partial charge in [-0.15, -0.1) is 13.2 Å². The summed E-state index contributed by atoms with van der Waals surface area (Å²) < 4.78 is 70.9. The van der Waals surface area contributed by atoms with E-state index in [0.717, 1.165) is 16.4 Å². The fourth-order valence-corrected chi connectivity index (χ4v) is 3.57. The molecule has 1 unspecified atom stereocenters. The summed E-state index contributed by atoms with van der Waals surface area (Å²) in [7, 11) is -2.82. The number of carbonyl (C=O) groups excluding carboxylic acids is 2. The van der Waals surface area contributed by atoms with E-state index < -0.39 is 46.7 Å². The number of sulfonamides is 1. The Hall–Kier alpha value is -2.83. The van der Waals surface area contributed by atoms with Crippen molar-refractivity contribution in [2.45, 2.75) is 24.3 Å². The van der Waals surface area contributed by atoms with Crippen LogP contribution in [0.4, 0.5) is 18.9 Å². The van der Waals surface area contributed by atoms with Crippen molar-refractivity contribution >= 4 is 39.2 Å². The smallest absolute Gasteiger partial charge is 0.452 e. The highest BCUT2D eigenvalue weighted by Gasteiger charge is 2.31. The maximum atomic E-state index is 12.5. The molecule has 2 aromatic rings. The number of rotatable bonds is 8. The van der Waals surface area contributed by atoms with Crippen molar-refractivity contribution in [2.24, 2.45) is 0 Å². The van der Waals surface area contributed by atoms with Gasteiger partial charge in [-0.2, -0.15) is 4.31 Å². The summed E-state index contributed by atoms with van der Waals surface area (Å²) in [5, 5.41) is 2.70. The van der Waals surface area contributed by atoms with Gasteiger partial charge < -0.3 is 14.8 Å². The van der Waals surface area contributed by atoms with Crippen LogP contribution in [-0.2, 0) is 24.3 Å². The van der Waals surface area contributed by atoms with Crippen molar-refractivity contribution < 1.29 is 40.7 Å². The van der Waals surface area contributed by atoms with Gasteiger partial charge in [-0.25, -0.2) is 8.42 Å². The molecule has 0 fully saturated rings. The van der Waals surface area contributed by atoms with Crippen LogP contribution in [0.2, 0.25) is 5.02 Å². The van der Waals surface area contributed by atoms with Crippen LogP contribution >= 0.6 is 11.6 Å². The standard InChI is InChI=1S/C19H18ClF3N2O6S/c1-12(18(27)24-14-5-7-15(8-6-14)31-19(21,22)23)30-17(26)11-25(2)32(28,29)16-9-3-13(20)4-10-16/h3-10,12H,11H2,1-2H3,(H,24,27). The first-order chi connectivity index (χ1) is 14.8. The Balaban J connectivity index is 1.91. The Morgan fingerprint density at radius 2 is 1.66 bits per heavy atom. The molecule has 1 atom stereocenters. The van der Waals surface area contributed by atoms with Crippen LogP contribution in [0.1, 0.15) is 6.92 Å². The first-order valence-corrected chi connectivity index (χ1v) is 10.7. The SMILES string of the molecule is CC(OC(=O)CN(C)S(=O)(=O)c1ccc(Cl)cc1)C(=O)Nc1ccc(OC(F)(F)F)cc1. The number of alkyl halides is 3. The molecule has 1 N–H and O–H groups in total. The van der Waals surface area contributed by atoms with E-state index in [1.54, 1.807) is 0 Å². The fourth-order valence-electron chi connectivity index (χ4n) is 2.33. The second kappa shape index (κ2) is 10.2. The second-order valence-corrected chi connectivity index (χ2v) is 8.89. The van der Waals surface area contributed by atoms with Crippen molar-refractivity contribution in [3.8, 4) is 5.75 Å². The maximum Gasteiger partial charge on any atom is 0.573 e. The molecule has 0 heterocycles. The summed E-state index contributed by atoms with van der Waals surface area (Å²) in [6.07, 6.45) is -6.15. The minimum atomic E-state index is -4.85. The van der Waals surface area contributed by atoms with Crippen LogP contribution in [0.5, 0.6) is 5.75 Å². The molecule has 0 spiro atoms. The summed E-state index contributed by atoms with van der Waals surface area (Å²) in [6.45, 7) is 0.591. The number of benzene rings is 2. The van der Waals surface area contributed by atoms with Gasteiger partial charge in [-0.05, 0) is 55.5 Å². The van der Waals surface area contributed by atoms with Gasteiger partial charge in [-0.3, -0.25) is 9.59 Å². The van der Waals surface area contributed by atoms with E-state index in [1.807, 2.05) is 0 Å². The molecule has 2 aromatic carbocycles. The third-order valence-electron chi connectivity index (χ3n) is 3.91. The van der Waals surface area contributed by atoms with E-state index in [0.29, 0.717) is 5.02 Å². The van der Waals surface area contributed by atoms with Crippen LogP contribution in [0.15, 0.2) is 53.4 Å². The van der Waals surface area contributed by atoms with Gasteiger partial charge in [0.05, 0.1) is 4.90 Å². The largest absolute Gasteiger partial charge is 0.573 e. The molecule has 0 aliphatic carbocycles. The zero-order chi connectivity index (χ0) is 24.1. The number of amides is 1. The molecule has 0 saturated carbocycles. The van der Waals surface area contributed by atoms with Crippen molar-refractivity contribution in [3.63, 3.8) is 0 Å². The number of likely N-dealkylation sites (N-methyl/N-ethyl adjacent to an activating group) is 1. The lowest BCUT2D eigenvalue weighted by Gasteiger charge is -2.18. The van der Waals surface area contributed by atoms with Gasteiger partial charge in [0.25, 0.3) is 5.91 Å². The summed E-state index contributed by atoms with van der Waals surface area (Å²) in [5.74, 6) is -2.23. The zero-order valence-electron chi connectivity index (χ0n) is 16.7. The topological polar surface area (TPSA) is 102 Å². The predicted molar refractivity (Wildman–Crippen MR) is 109 cm³/mol. The predicted octanol–water partition coefficient (Wildman–Crippen LogP) is 3.43. The number of anilines is 1. The van der Waals surface area contributed by atoms with E-state index in [1.165, 1.54) is 50.4 Å². The average Bonchev–Trinajstić information content (AvgIpc) is 2.68. The average molecular weight is 495 g/mol. The number of carbonyl (C=O) groups is 2. The molecule has 13 heteroatoms. The number of nitrogens with zero attached hydrogens (tertiary/aromatic N) is 1. The number of hydrogen-bond donors (Lipinski definition) is 1. The van der Waals surface area contributed by atoms with E-state index in [2.05, 4.69) is 10.1 Å². The normalized spacial score (nSPS) is 12.8. The lowest BCUT2D eigenvalue weighted by Crippen LogP contribution is -2.37. The minimum absolute atomic E-state index is 0.0825. The van der Waals surface area contributed by atoms with E-state index in [-0.39, 0.29) is 10.6 Å². The Bertz CT molecular complexity index is 1060. The van der Waals surface area contributed by atoms with Crippen LogP contribution in [0.3, 0.4) is 0 Å². The van der Waals surface area contributed by atoms with Crippen LogP contribution in [0, 0.1) is 0 Å². The molecule has 0 aliphatic rings. The maximum absolute atomic E-state index is 12.5. The molecule has 174 valence electrons. The second-order valence-electron chi connectivity index (χ2n) is 6.41. The molecule has 1 amide bonds. The lowest BCUT2D eigenvalue weighted by molar-refractivity contribution is -0.274. The van der Waals surface area contributed by atoms with Crippen LogP contribution < -0.4 is 10.1 Å². The highest BCUT2D eigenvalue weighted by atomic mass is 35.5. The summed E-state index contributed by atoms with van der Waals surface area (Å²) in [5.41, 5.74) is 0.134. The number of ether oxygens (including phenoxy) is 2.